The minimum Gasteiger partial charge on any atom is -0.508 e. The number of phenolic OH excluding ortho intramolecular Hbond substituents is 1. The van der Waals surface area contributed by atoms with Crippen molar-refractivity contribution in [2.75, 3.05) is 4.90 Å². The fraction of sp³-hybridized carbons (Fsp3) is 0.214. The van der Waals surface area contributed by atoms with Crippen molar-refractivity contribution in [3.8, 4) is 11.4 Å². The van der Waals surface area contributed by atoms with Crippen molar-refractivity contribution in [2.45, 2.75) is 39.8 Å². The summed E-state index contributed by atoms with van der Waals surface area (Å²) in [6.07, 6.45) is 1.82. The summed E-state index contributed by atoms with van der Waals surface area (Å²) >= 11 is 5.85. The third kappa shape index (κ3) is 3.64. The number of rotatable bonds is 4. The van der Waals surface area contributed by atoms with Gasteiger partial charge in [0.2, 0.25) is 0 Å². The Morgan fingerprint density at radius 2 is 1.62 bits per heavy atom. The Morgan fingerprint density at radius 1 is 0.912 bits per heavy atom. The van der Waals surface area contributed by atoms with E-state index in [9.17, 15) is 5.11 Å². The third-order valence-electron chi connectivity index (χ3n) is 6.68. The lowest BCUT2D eigenvalue weighted by Gasteiger charge is -2.28. The summed E-state index contributed by atoms with van der Waals surface area (Å²) in [4.78, 5) is 6.81. The van der Waals surface area contributed by atoms with Gasteiger partial charge in [-0.1, -0.05) is 24.3 Å². The summed E-state index contributed by atoms with van der Waals surface area (Å²) in [7, 11) is 0. The molecule has 2 aromatic carbocycles. The second kappa shape index (κ2) is 8.61. The Morgan fingerprint density at radius 3 is 2.26 bits per heavy atom. The van der Waals surface area contributed by atoms with Crippen LogP contribution in [-0.4, -0.2) is 19.8 Å². The largest absolute Gasteiger partial charge is 0.508 e. The maximum atomic E-state index is 9.86. The predicted octanol–water partition coefficient (Wildman–Crippen LogP) is 5.99. The van der Waals surface area contributed by atoms with Crippen LogP contribution in [0.4, 0.5) is 5.69 Å². The number of aryl methyl sites for hydroxylation is 3. The SMILES string of the molecule is Cc1cccc(C)c1-n1c(C)cc([C@@H]2[C@H](c3ccccn3)NC(=S)N2c2ccc(O)cc2)c1C. The van der Waals surface area contributed by atoms with Crippen molar-refractivity contribution in [1.82, 2.24) is 14.9 Å². The zero-order chi connectivity index (χ0) is 24.0. The molecular weight excluding hydrogens is 440 g/mol. The van der Waals surface area contributed by atoms with E-state index in [1.54, 1.807) is 12.1 Å². The van der Waals surface area contributed by atoms with Gasteiger partial charge in [0.25, 0.3) is 0 Å². The number of hydrogen-bond donors (Lipinski definition) is 2. The van der Waals surface area contributed by atoms with Crippen molar-refractivity contribution in [3.63, 3.8) is 0 Å². The van der Waals surface area contributed by atoms with Crippen LogP contribution in [0, 0.1) is 27.7 Å². The fourth-order valence-corrected chi connectivity index (χ4v) is 5.50. The molecule has 2 aromatic heterocycles. The van der Waals surface area contributed by atoms with Crippen LogP contribution >= 0.6 is 12.2 Å². The highest BCUT2D eigenvalue weighted by Crippen LogP contribution is 2.44. The van der Waals surface area contributed by atoms with E-state index in [1.807, 2.05) is 36.5 Å². The smallest absolute Gasteiger partial charge is 0.174 e. The number of benzene rings is 2. The van der Waals surface area contributed by atoms with E-state index in [4.69, 9.17) is 12.2 Å². The van der Waals surface area contributed by atoms with Crippen LogP contribution in [0.3, 0.4) is 0 Å². The molecule has 0 bridgehead atoms. The summed E-state index contributed by atoms with van der Waals surface area (Å²) in [5.41, 5.74) is 9.11. The average Bonchev–Trinajstić information content (AvgIpc) is 3.31. The fourth-order valence-electron chi connectivity index (χ4n) is 5.15. The lowest BCUT2D eigenvalue weighted by molar-refractivity contribution is 0.475. The minimum atomic E-state index is -0.116. The number of aromatic nitrogens is 2. The van der Waals surface area contributed by atoms with E-state index in [0.717, 1.165) is 11.4 Å². The van der Waals surface area contributed by atoms with Crippen LogP contribution in [-0.2, 0) is 0 Å². The standard InChI is InChI=1S/C28H28N4OS/c1-17-8-7-9-18(2)26(17)31-19(3)16-23(20(31)4)27-25(24-10-5-6-15-29-24)30-28(34)32(27)21-11-13-22(33)14-12-21/h5-16,25,27,33H,1-4H3,(H,30,34)/t25-,27+/m0/s1. The monoisotopic (exact) mass is 468 g/mol. The van der Waals surface area contributed by atoms with E-state index in [2.05, 4.69) is 71.7 Å². The highest BCUT2D eigenvalue weighted by molar-refractivity contribution is 7.80. The quantitative estimate of drug-likeness (QED) is 0.361. The molecule has 5 nitrogen and oxygen atoms in total. The van der Waals surface area contributed by atoms with Crippen LogP contribution in [0.15, 0.2) is 72.9 Å². The summed E-state index contributed by atoms with van der Waals surface area (Å²) in [6, 6.07) is 21.7. The van der Waals surface area contributed by atoms with Crippen LogP contribution in [0.25, 0.3) is 5.69 Å². The number of para-hydroxylation sites is 1. The summed E-state index contributed by atoms with van der Waals surface area (Å²) < 4.78 is 2.35. The number of aromatic hydroxyl groups is 1. The van der Waals surface area contributed by atoms with Crippen molar-refractivity contribution in [3.05, 3.63) is 107 Å². The van der Waals surface area contributed by atoms with Crippen molar-refractivity contribution < 1.29 is 5.11 Å². The van der Waals surface area contributed by atoms with Gasteiger partial charge in [-0.25, -0.2) is 0 Å². The highest BCUT2D eigenvalue weighted by Gasteiger charge is 2.42. The molecule has 2 N–H and O–H groups in total. The number of pyridine rings is 1. The molecule has 172 valence electrons. The average molecular weight is 469 g/mol. The second-order valence-corrected chi connectivity index (χ2v) is 9.30. The molecule has 5 rings (SSSR count). The Hall–Kier alpha value is -3.64. The Kier molecular flexibility index (Phi) is 5.62. The van der Waals surface area contributed by atoms with Crippen LogP contribution in [0.2, 0.25) is 0 Å². The molecular formula is C28H28N4OS. The summed E-state index contributed by atoms with van der Waals surface area (Å²) in [5, 5.41) is 14.0. The minimum absolute atomic E-state index is 0.101. The van der Waals surface area contributed by atoms with Gasteiger partial charge in [0.15, 0.2) is 5.11 Å². The Balaban J connectivity index is 1.71. The van der Waals surface area contributed by atoms with Crippen molar-refractivity contribution in [1.29, 1.82) is 0 Å². The molecule has 4 aromatic rings. The molecule has 0 aliphatic carbocycles. The maximum Gasteiger partial charge on any atom is 0.174 e. The molecule has 0 spiro atoms. The number of nitrogens with zero attached hydrogens (tertiary/aromatic N) is 3. The van der Waals surface area contributed by atoms with Gasteiger partial charge >= 0.3 is 0 Å². The van der Waals surface area contributed by atoms with Gasteiger partial charge in [-0.05, 0) is 99.1 Å². The topological polar surface area (TPSA) is 53.3 Å². The number of phenols is 1. The van der Waals surface area contributed by atoms with Gasteiger partial charge in [0, 0.05) is 23.3 Å². The molecule has 1 aliphatic heterocycles. The number of anilines is 1. The first kappa shape index (κ1) is 22.2. The van der Waals surface area contributed by atoms with Crippen molar-refractivity contribution in [2.24, 2.45) is 0 Å². The lowest BCUT2D eigenvalue weighted by atomic mass is 9.96. The molecule has 0 saturated carbocycles. The zero-order valence-electron chi connectivity index (χ0n) is 19.8. The molecule has 0 amide bonds. The molecule has 1 aliphatic rings. The van der Waals surface area contributed by atoms with Gasteiger partial charge in [-0.15, -0.1) is 0 Å². The first-order valence-electron chi connectivity index (χ1n) is 11.4. The maximum absolute atomic E-state index is 9.86. The van der Waals surface area contributed by atoms with Gasteiger partial charge in [-0.3, -0.25) is 4.98 Å². The second-order valence-electron chi connectivity index (χ2n) is 8.92. The van der Waals surface area contributed by atoms with E-state index < -0.39 is 0 Å². The highest BCUT2D eigenvalue weighted by atomic mass is 32.1. The first-order valence-corrected chi connectivity index (χ1v) is 11.8. The van der Waals surface area contributed by atoms with Crippen LogP contribution in [0.1, 0.15) is 45.9 Å². The number of nitrogens with one attached hydrogen (secondary N) is 1. The Bertz CT molecular complexity index is 1340. The van der Waals surface area contributed by atoms with E-state index in [-0.39, 0.29) is 17.8 Å². The number of thiocarbonyl (C=S) groups is 1. The van der Waals surface area contributed by atoms with Crippen molar-refractivity contribution >= 4 is 23.0 Å². The van der Waals surface area contributed by atoms with Gasteiger partial charge in [0.05, 0.1) is 23.5 Å². The van der Waals surface area contributed by atoms with Gasteiger partial charge in [-0.2, -0.15) is 0 Å². The number of hydrogen-bond acceptors (Lipinski definition) is 3. The third-order valence-corrected chi connectivity index (χ3v) is 6.99. The molecule has 2 atom stereocenters. The molecule has 1 fully saturated rings. The van der Waals surface area contributed by atoms with E-state index in [1.165, 1.54) is 33.8 Å². The lowest BCUT2D eigenvalue weighted by Crippen LogP contribution is -2.29. The molecule has 1 saturated heterocycles. The molecule has 0 radical (unpaired) electrons. The van der Waals surface area contributed by atoms with Crippen LogP contribution < -0.4 is 10.2 Å². The Labute approximate surface area is 205 Å². The summed E-state index contributed by atoms with van der Waals surface area (Å²) in [5.74, 6) is 0.229. The van der Waals surface area contributed by atoms with Crippen LogP contribution in [0.5, 0.6) is 5.75 Å². The normalized spacial score (nSPS) is 17.8. The molecule has 3 heterocycles. The van der Waals surface area contributed by atoms with Gasteiger partial charge < -0.3 is 19.9 Å². The molecule has 34 heavy (non-hydrogen) atoms. The zero-order valence-corrected chi connectivity index (χ0v) is 20.6. The molecule has 0 unspecified atom stereocenters. The predicted molar refractivity (Wildman–Crippen MR) is 141 cm³/mol. The molecule has 6 heteroatoms. The van der Waals surface area contributed by atoms with Gasteiger partial charge in [0.1, 0.15) is 5.75 Å². The summed E-state index contributed by atoms with van der Waals surface area (Å²) in [6.45, 7) is 8.66. The van der Waals surface area contributed by atoms with E-state index in [0.29, 0.717) is 5.11 Å². The first-order chi connectivity index (χ1) is 16.4. The van der Waals surface area contributed by atoms with E-state index >= 15 is 0 Å².